The molecule has 0 fully saturated rings. The van der Waals surface area contributed by atoms with Crippen molar-refractivity contribution in [2.45, 2.75) is 52.1 Å². The molecule has 0 radical (unpaired) electrons. The number of benzene rings is 1. The summed E-state index contributed by atoms with van der Waals surface area (Å²) >= 11 is 0. The highest BCUT2D eigenvalue weighted by Crippen LogP contribution is 2.24. The van der Waals surface area contributed by atoms with Crippen molar-refractivity contribution < 1.29 is 4.79 Å². The van der Waals surface area contributed by atoms with E-state index in [0.717, 1.165) is 32.4 Å². The lowest BCUT2D eigenvalue weighted by Crippen LogP contribution is -2.35. The number of fused-ring (bicyclic) bond motifs is 1. The summed E-state index contributed by atoms with van der Waals surface area (Å²) in [5.41, 5.74) is 9.92. The molecule has 104 valence electrons. The molecule has 1 aliphatic rings. The lowest BCUT2D eigenvalue weighted by atomic mass is 9.94. The van der Waals surface area contributed by atoms with E-state index in [-0.39, 0.29) is 11.9 Å². The van der Waals surface area contributed by atoms with Crippen molar-refractivity contribution in [3.63, 3.8) is 0 Å². The van der Waals surface area contributed by atoms with Crippen molar-refractivity contribution in [1.82, 2.24) is 4.90 Å². The minimum atomic E-state index is 0.104. The van der Waals surface area contributed by atoms with Gasteiger partial charge in [-0.15, -0.1) is 0 Å². The minimum Gasteiger partial charge on any atom is -0.338 e. The summed E-state index contributed by atoms with van der Waals surface area (Å²) in [6, 6.07) is 6.61. The Morgan fingerprint density at radius 2 is 2.16 bits per heavy atom. The molecule has 0 aromatic heterocycles. The van der Waals surface area contributed by atoms with Crippen molar-refractivity contribution in [3.05, 3.63) is 34.9 Å². The SMILES string of the molecule is CCCC(=O)N1CCc2ccc(C(N)CC)cc2C1. The molecule has 0 spiro atoms. The number of carbonyl (C=O) groups excluding carboxylic acids is 1. The van der Waals surface area contributed by atoms with Crippen molar-refractivity contribution in [3.8, 4) is 0 Å². The summed E-state index contributed by atoms with van der Waals surface area (Å²) < 4.78 is 0. The summed E-state index contributed by atoms with van der Waals surface area (Å²) in [5.74, 6) is 0.276. The molecule has 3 heteroatoms. The van der Waals surface area contributed by atoms with Gasteiger partial charge < -0.3 is 10.6 Å². The molecule has 1 amide bonds. The molecule has 0 aliphatic carbocycles. The maximum Gasteiger partial charge on any atom is 0.222 e. The summed E-state index contributed by atoms with van der Waals surface area (Å²) in [6.07, 6.45) is 3.48. The van der Waals surface area contributed by atoms with Crippen LogP contribution in [-0.4, -0.2) is 17.4 Å². The van der Waals surface area contributed by atoms with Crippen molar-refractivity contribution in [1.29, 1.82) is 0 Å². The smallest absolute Gasteiger partial charge is 0.222 e. The molecule has 1 aromatic carbocycles. The van der Waals surface area contributed by atoms with Crippen LogP contribution >= 0.6 is 0 Å². The van der Waals surface area contributed by atoms with E-state index in [2.05, 4.69) is 25.1 Å². The van der Waals surface area contributed by atoms with Gasteiger partial charge in [0.1, 0.15) is 0 Å². The highest BCUT2D eigenvalue weighted by Gasteiger charge is 2.20. The van der Waals surface area contributed by atoms with Crippen LogP contribution in [0.25, 0.3) is 0 Å². The summed E-state index contributed by atoms with van der Waals surface area (Å²) in [4.78, 5) is 14.0. The third kappa shape index (κ3) is 3.16. The third-order valence-corrected chi connectivity index (χ3v) is 3.93. The van der Waals surface area contributed by atoms with Gasteiger partial charge in [0, 0.05) is 25.6 Å². The van der Waals surface area contributed by atoms with E-state index in [9.17, 15) is 4.79 Å². The van der Waals surface area contributed by atoms with Crippen LogP contribution in [0.1, 0.15) is 55.8 Å². The van der Waals surface area contributed by atoms with E-state index < -0.39 is 0 Å². The van der Waals surface area contributed by atoms with Gasteiger partial charge in [0.05, 0.1) is 0 Å². The van der Waals surface area contributed by atoms with Crippen LogP contribution in [0.4, 0.5) is 0 Å². The first-order chi connectivity index (χ1) is 9.15. The van der Waals surface area contributed by atoms with E-state index in [1.807, 2.05) is 11.8 Å². The number of amides is 1. The Balaban J connectivity index is 2.16. The van der Waals surface area contributed by atoms with Gasteiger partial charge >= 0.3 is 0 Å². The minimum absolute atomic E-state index is 0.104. The fourth-order valence-corrected chi connectivity index (χ4v) is 2.63. The van der Waals surface area contributed by atoms with E-state index in [1.165, 1.54) is 16.7 Å². The number of nitrogens with zero attached hydrogens (tertiary/aromatic N) is 1. The molecule has 19 heavy (non-hydrogen) atoms. The molecule has 1 heterocycles. The lowest BCUT2D eigenvalue weighted by molar-refractivity contribution is -0.132. The first-order valence-corrected chi connectivity index (χ1v) is 7.30. The largest absolute Gasteiger partial charge is 0.338 e. The topological polar surface area (TPSA) is 46.3 Å². The molecular weight excluding hydrogens is 236 g/mol. The van der Waals surface area contributed by atoms with Gasteiger partial charge in [-0.25, -0.2) is 0 Å². The molecule has 2 rings (SSSR count). The number of nitrogens with two attached hydrogens (primary N) is 1. The number of carbonyl (C=O) groups is 1. The average molecular weight is 260 g/mol. The molecule has 2 N–H and O–H groups in total. The molecular formula is C16H24N2O. The lowest BCUT2D eigenvalue weighted by Gasteiger charge is -2.29. The highest BCUT2D eigenvalue weighted by molar-refractivity contribution is 5.76. The van der Waals surface area contributed by atoms with E-state index in [4.69, 9.17) is 5.73 Å². The molecule has 1 aliphatic heterocycles. The maximum atomic E-state index is 12.0. The van der Waals surface area contributed by atoms with Crippen LogP contribution in [0.3, 0.4) is 0 Å². The zero-order valence-electron chi connectivity index (χ0n) is 12.0. The van der Waals surface area contributed by atoms with Crippen LogP contribution in [0, 0.1) is 0 Å². The average Bonchev–Trinajstić information content (AvgIpc) is 2.45. The second-order valence-electron chi connectivity index (χ2n) is 5.36. The number of rotatable bonds is 4. The molecule has 0 saturated carbocycles. The van der Waals surface area contributed by atoms with Gasteiger partial charge in [-0.2, -0.15) is 0 Å². The van der Waals surface area contributed by atoms with Gasteiger partial charge in [0.2, 0.25) is 5.91 Å². The van der Waals surface area contributed by atoms with E-state index >= 15 is 0 Å². The van der Waals surface area contributed by atoms with E-state index in [0.29, 0.717) is 6.42 Å². The molecule has 1 aromatic rings. The monoisotopic (exact) mass is 260 g/mol. The Morgan fingerprint density at radius 1 is 1.37 bits per heavy atom. The fourth-order valence-electron chi connectivity index (χ4n) is 2.63. The summed E-state index contributed by atoms with van der Waals surface area (Å²) in [7, 11) is 0. The zero-order valence-corrected chi connectivity index (χ0v) is 12.0. The standard InChI is InChI=1S/C16H24N2O/c1-3-5-16(19)18-9-8-12-6-7-13(15(17)4-2)10-14(12)11-18/h6-7,10,15H,3-5,8-9,11,17H2,1-2H3. The molecule has 0 bridgehead atoms. The second-order valence-corrected chi connectivity index (χ2v) is 5.36. The normalized spacial score (nSPS) is 16.1. The zero-order chi connectivity index (χ0) is 13.8. The van der Waals surface area contributed by atoms with Gasteiger partial charge in [-0.05, 0) is 36.0 Å². The predicted octanol–water partition coefficient (Wildman–Crippen LogP) is 2.78. The molecule has 1 unspecified atom stereocenters. The Morgan fingerprint density at radius 3 is 2.84 bits per heavy atom. The van der Waals surface area contributed by atoms with Crippen LogP contribution in [0.15, 0.2) is 18.2 Å². The Kier molecular flexibility index (Phi) is 4.59. The second kappa shape index (κ2) is 6.20. The molecule has 3 nitrogen and oxygen atoms in total. The van der Waals surface area contributed by atoms with Crippen molar-refractivity contribution in [2.75, 3.05) is 6.54 Å². The molecule has 0 saturated heterocycles. The third-order valence-electron chi connectivity index (χ3n) is 3.93. The highest BCUT2D eigenvalue weighted by atomic mass is 16.2. The first kappa shape index (κ1) is 14.1. The first-order valence-electron chi connectivity index (χ1n) is 7.30. The summed E-state index contributed by atoms with van der Waals surface area (Å²) in [5, 5.41) is 0. The maximum absolute atomic E-state index is 12.0. The van der Waals surface area contributed by atoms with Gasteiger partial charge in [0.25, 0.3) is 0 Å². The van der Waals surface area contributed by atoms with Crippen molar-refractivity contribution in [2.24, 2.45) is 5.73 Å². The fraction of sp³-hybridized carbons (Fsp3) is 0.562. The number of hydrogen-bond donors (Lipinski definition) is 1. The molecule has 1 atom stereocenters. The van der Waals surface area contributed by atoms with Crippen molar-refractivity contribution >= 4 is 5.91 Å². The Bertz CT molecular complexity index is 456. The Labute approximate surface area is 115 Å². The van der Waals surface area contributed by atoms with Crippen LogP contribution in [0.2, 0.25) is 0 Å². The predicted molar refractivity (Wildman–Crippen MR) is 77.7 cm³/mol. The quantitative estimate of drug-likeness (QED) is 0.905. The van der Waals surface area contributed by atoms with Crippen LogP contribution < -0.4 is 5.73 Å². The number of hydrogen-bond acceptors (Lipinski definition) is 2. The van der Waals surface area contributed by atoms with Crippen LogP contribution in [-0.2, 0) is 17.8 Å². The van der Waals surface area contributed by atoms with Crippen LogP contribution in [0.5, 0.6) is 0 Å². The van der Waals surface area contributed by atoms with Gasteiger partial charge in [-0.3, -0.25) is 4.79 Å². The van der Waals surface area contributed by atoms with Gasteiger partial charge in [0.15, 0.2) is 0 Å². The summed E-state index contributed by atoms with van der Waals surface area (Å²) in [6.45, 7) is 5.75. The van der Waals surface area contributed by atoms with Gasteiger partial charge in [-0.1, -0.05) is 32.0 Å². The Hall–Kier alpha value is -1.35. The van der Waals surface area contributed by atoms with E-state index in [1.54, 1.807) is 0 Å².